The third kappa shape index (κ3) is 5.51. The van der Waals surface area contributed by atoms with E-state index in [0.717, 1.165) is 5.56 Å². The van der Waals surface area contributed by atoms with Crippen LogP contribution in [0.1, 0.15) is 19.4 Å². The number of anilines is 1. The minimum Gasteiger partial charge on any atom is -0.493 e. The van der Waals surface area contributed by atoms with Gasteiger partial charge in [-0.2, -0.15) is 0 Å². The Bertz CT molecular complexity index is 783. The smallest absolute Gasteiger partial charge is 0.242 e. The number of carbonyl (C=O) groups excluding carboxylic acids is 1. The Morgan fingerprint density at radius 2 is 1.81 bits per heavy atom. The molecule has 0 saturated heterocycles. The summed E-state index contributed by atoms with van der Waals surface area (Å²) in [6, 6.07) is 9.08. The molecule has 2 aromatic rings. The van der Waals surface area contributed by atoms with Gasteiger partial charge in [-0.25, -0.2) is 4.39 Å². The lowest BCUT2D eigenvalue weighted by Gasteiger charge is -2.18. The first-order chi connectivity index (χ1) is 13.0. The van der Waals surface area contributed by atoms with E-state index in [1.165, 1.54) is 12.1 Å². The van der Waals surface area contributed by atoms with Gasteiger partial charge in [0, 0.05) is 12.6 Å². The molecule has 27 heavy (non-hydrogen) atoms. The second-order valence-electron chi connectivity index (χ2n) is 5.85. The molecule has 0 aliphatic carbocycles. The molecule has 0 aliphatic heterocycles. The molecule has 146 valence electrons. The number of amides is 1. The van der Waals surface area contributed by atoms with Crippen molar-refractivity contribution in [3.63, 3.8) is 0 Å². The van der Waals surface area contributed by atoms with E-state index in [9.17, 15) is 9.18 Å². The van der Waals surface area contributed by atoms with E-state index in [1.54, 1.807) is 33.3 Å². The monoisotopic (exact) mass is 376 g/mol. The molecule has 2 N–H and O–H groups in total. The van der Waals surface area contributed by atoms with Crippen LogP contribution < -0.4 is 24.8 Å². The summed E-state index contributed by atoms with van der Waals surface area (Å²) in [5, 5.41) is 5.91. The molecule has 0 radical (unpaired) electrons. The Kier molecular flexibility index (Phi) is 7.28. The van der Waals surface area contributed by atoms with Gasteiger partial charge in [-0.15, -0.1) is 0 Å². The highest BCUT2D eigenvalue weighted by molar-refractivity contribution is 5.84. The summed E-state index contributed by atoms with van der Waals surface area (Å²) < 4.78 is 29.3. The van der Waals surface area contributed by atoms with Crippen LogP contribution in [0.4, 0.5) is 10.1 Å². The maximum atomic E-state index is 13.4. The Labute approximate surface area is 158 Å². The summed E-state index contributed by atoms with van der Waals surface area (Å²) in [5.74, 6) is 1.01. The van der Waals surface area contributed by atoms with Crippen LogP contribution in [0.2, 0.25) is 0 Å². The van der Waals surface area contributed by atoms with Crippen molar-refractivity contribution >= 4 is 11.6 Å². The van der Waals surface area contributed by atoms with Crippen molar-refractivity contribution in [2.24, 2.45) is 0 Å². The molecule has 0 fully saturated rings. The molecule has 1 atom stereocenters. The highest BCUT2D eigenvalue weighted by atomic mass is 19.1. The minimum atomic E-state index is -0.533. The quantitative estimate of drug-likeness (QED) is 0.702. The van der Waals surface area contributed by atoms with Crippen molar-refractivity contribution in [3.8, 4) is 17.2 Å². The van der Waals surface area contributed by atoms with Gasteiger partial charge < -0.3 is 24.8 Å². The number of ether oxygens (including phenoxy) is 3. The summed E-state index contributed by atoms with van der Waals surface area (Å²) in [5.41, 5.74) is 1.44. The molecule has 0 spiro atoms. The van der Waals surface area contributed by atoms with Crippen LogP contribution in [0.3, 0.4) is 0 Å². The van der Waals surface area contributed by atoms with Crippen molar-refractivity contribution in [1.29, 1.82) is 0 Å². The highest BCUT2D eigenvalue weighted by Gasteiger charge is 2.15. The normalized spacial score (nSPS) is 11.4. The lowest BCUT2D eigenvalue weighted by molar-refractivity contribution is -0.121. The van der Waals surface area contributed by atoms with E-state index in [0.29, 0.717) is 36.1 Å². The minimum absolute atomic E-state index is 0.198. The summed E-state index contributed by atoms with van der Waals surface area (Å²) in [7, 11) is 3.13. The number of nitrogens with one attached hydrogen (secondary N) is 2. The van der Waals surface area contributed by atoms with Crippen molar-refractivity contribution < 1.29 is 23.4 Å². The molecule has 0 aliphatic rings. The van der Waals surface area contributed by atoms with Crippen molar-refractivity contribution in [2.75, 3.05) is 26.1 Å². The Hall–Kier alpha value is -2.96. The number of hydrogen-bond acceptors (Lipinski definition) is 5. The van der Waals surface area contributed by atoms with Gasteiger partial charge in [0.25, 0.3) is 0 Å². The molecule has 0 bridgehead atoms. The fourth-order valence-electron chi connectivity index (χ4n) is 2.52. The zero-order valence-corrected chi connectivity index (χ0v) is 16.0. The second-order valence-corrected chi connectivity index (χ2v) is 5.85. The van der Waals surface area contributed by atoms with E-state index in [1.807, 2.05) is 19.1 Å². The van der Waals surface area contributed by atoms with Gasteiger partial charge in [0.1, 0.15) is 17.6 Å². The number of hydrogen-bond donors (Lipinski definition) is 2. The zero-order valence-electron chi connectivity index (χ0n) is 16.0. The topological polar surface area (TPSA) is 68.8 Å². The molecular formula is C20H25FN2O4. The number of carbonyl (C=O) groups is 1. The van der Waals surface area contributed by atoms with Crippen molar-refractivity contribution in [1.82, 2.24) is 5.32 Å². The Morgan fingerprint density at radius 3 is 2.48 bits per heavy atom. The maximum absolute atomic E-state index is 13.4. The maximum Gasteiger partial charge on any atom is 0.242 e. The standard InChI is InChI=1S/C20H25FN2O4/c1-5-27-18-11-15(21)7-8-16(18)23-13(2)20(24)22-12-14-6-9-17(25-3)19(10-14)26-4/h6-11,13,23H,5,12H2,1-4H3,(H,22,24). The predicted octanol–water partition coefficient (Wildman–Crippen LogP) is 3.36. The molecule has 7 heteroatoms. The third-order valence-corrected chi connectivity index (χ3v) is 3.92. The van der Waals surface area contributed by atoms with Gasteiger partial charge >= 0.3 is 0 Å². The van der Waals surface area contributed by atoms with Crippen molar-refractivity contribution in [2.45, 2.75) is 26.4 Å². The average Bonchev–Trinajstić information content (AvgIpc) is 2.67. The average molecular weight is 376 g/mol. The van der Waals surface area contributed by atoms with Gasteiger partial charge in [-0.3, -0.25) is 4.79 Å². The van der Waals surface area contributed by atoms with Crippen LogP contribution in [-0.2, 0) is 11.3 Å². The van der Waals surface area contributed by atoms with Gasteiger partial charge in [-0.1, -0.05) is 6.07 Å². The van der Waals surface area contributed by atoms with Crippen LogP contribution in [0.25, 0.3) is 0 Å². The molecule has 1 amide bonds. The van der Waals surface area contributed by atoms with Gasteiger partial charge in [0.15, 0.2) is 11.5 Å². The molecular weight excluding hydrogens is 351 g/mol. The Balaban J connectivity index is 1.98. The van der Waals surface area contributed by atoms with Crippen LogP contribution >= 0.6 is 0 Å². The first-order valence-corrected chi connectivity index (χ1v) is 8.66. The lowest BCUT2D eigenvalue weighted by atomic mass is 10.2. The number of benzene rings is 2. The molecule has 0 heterocycles. The first-order valence-electron chi connectivity index (χ1n) is 8.66. The molecule has 2 rings (SSSR count). The molecule has 0 saturated carbocycles. The number of halogens is 1. The van der Waals surface area contributed by atoms with E-state index < -0.39 is 11.9 Å². The molecule has 0 aromatic heterocycles. The summed E-state index contributed by atoms with van der Waals surface area (Å²) >= 11 is 0. The SMILES string of the molecule is CCOc1cc(F)ccc1NC(C)C(=O)NCc1ccc(OC)c(OC)c1. The second kappa shape index (κ2) is 9.66. The van der Waals surface area contributed by atoms with Crippen LogP contribution in [-0.4, -0.2) is 32.8 Å². The predicted molar refractivity (Wildman–Crippen MR) is 102 cm³/mol. The van der Waals surface area contributed by atoms with E-state index in [4.69, 9.17) is 14.2 Å². The largest absolute Gasteiger partial charge is 0.493 e. The van der Waals surface area contributed by atoms with Crippen LogP contribution in [0, 0.1) is 5.82 Å². The van der Waals surface area contributed by atoms with Crippen molar-refractivity contribution in [3.05, 3.63) is 47.8 Å². The fourth-order valence-corrected chi connectivity index (χ4v) is 2.52. The van der Waals surface area contributed by atoms with E-state index in [-0.39, 0.29) is 5.91 Å². The summed E-state index contributed by atoms with van der Waals surface area (Å²) in [4.78, 5) is 12.4. The molecule has 2 aromatic carbocycles. The molecule has 1 unspecified atom stereocenters. The molecule has 6 nitrogen and oxygen atoms in total. The van der Waals surface area contributed by atoms with E-state index >= 15 is 0 Å². The third-order valence-electron chi connectivity index (χ3n) is 3.92. The number of methoxy groups -OCH3 is 2. The first kappa shape index (κ1) is 20.4. The van der Waals surface area contributed by atoms with Crippen LogP contribution in [0.5, 0.6) is 17.2 Å². The highest BCUT2D eigenvalue weighted by Crippen LogP contribution is 2.28. The fraction of sp³-hybridized carbons (Fsp3) is 0.350. The van der Waals surface area contributed by atoms with Gasteiger partial charge in [-0.05, 0) is 43.7 Å². The summed E-state index contributed by atoms with van der Waals surface area (Å²) in [6.45, 7) is 4.28. The van der Waals surface area contributed by atoms with Crippen LogP contribution in [0.15, 0.2) is 36.4 Å². The van der Waals surface area contributed by atoms with Gasteiger partial charge in [0.2, 0.25) is 5.91 Å². The van der Waals surface area contributed by atoms with Gasteiger partial charge in [0.05, 0.1) is 26.5 Å². The number of rotatable bonds is 9. The summed E-state index contributed by atoms with van der Waals surface area (Å²) in [6.07, 6.45) is 0. The zero-order chi connectivity index (χ0) is 19.8. The Morgan fingerprint density at radius 1 is 1.07 bits per heavy atom. The lowest BCUT2D eigenvalue weighted by Crippen LogP contribution is -2.37. The van der Waals surface area contributed by atoms with E-state index in [2.05, 4.69) is 10.6 Å².